The molecule has 1 fully saturated rings. The lowest BCUT2D eigenvalue weighted by atomic mass is 9.94. The van der Waals surface area contributed by atoms with E-state index < -0.39 is 11.5 Å². The number of aliphatic carboxylic acids is 1. The van der Waals surface area contributed by atoms with Crippen LogP contribution in [0.25, 0.3) is 0 Å². The summed E-state index contributed by atoms with van der Waals surface area (Å²) in [6.45, 7) is 8.96. The normalized spacial score (nSPS) is 20.6. The average Bonchev–Trinajstić information content (AvgIpc) is 2.40. The smallest absolute Gasteiger partial charge is 0.323 e. The van der Waals surface area contributed by atoms with E-state index in [9.17, 15) is 9.90 Å². The number of carboxylic acids is 1. The fourth-order valence-corrected chi connectivity index (χ4v) is 3.23. The molecule has 1 unspecified atom stereocenters. The van der Waals surface area contributed by atoms with Crippen LogP contribution in [-0.4, -0.2) is 73.2 Å². The van der Waals surface area contributed by atoms with Crippen LogP contribution in [0.2, 0.25) is 0 Å². The van der Waals surface area contributed by atoms with E-state index in [1.54, 1.807) is 6.92 Å². The molecule has 0 spiro atoms. The molecule has 5 heteroatoms. The highest BCUT2D eigenvalue weighted by atomic mass is 16.4. The van der Waals surface area contributed by atoms with Crippen molar-refractivity contribution in [3.63, 3.8) is 0 Å². The van der Waals surface area contributed by atoms with Crippen molar-refractivity contribution in [1.29, 1.82) is 0 Å². The van der Waals surface area contributed by atoms with Crippen LogP contribution in [0, 0.1) is 5.92 Å². The van der Waals surface area contributed by atoms with E-state index in [0.29, 0.717) is 13.0 Å². The molecule has 1 heterocycles. The molecule has 0 saturated carbocycles. The summed E-state index contributed by atoms with van der Waals surface area (Å²) in [4.78, 5) is 16.1. The van der Waals surface area contributed by atoms with Crippen molar-refractivity contribution in [2.75, 3.05) is 46.8 Å². The van der Waals surface area contributed by atoms with Crippen LogP contribution in [0.5, 0.6) is 0 Å². The van der Waals surface area contributed by atoms with Crippen LogP contribution in [0.3, 0.4) is 0 Å². The number of rotatable bonds is 9. The summed E-state index contributed by atoms with van der Waals surface area (Å²) in [5.74, 6) is 0.0799. The average molecular weight is 299 g/mol. The Morgan fingerprint density at radius 2 is 2.00 bits per heavy atom. The number of hydrogen-bond donors (Lipinski definition) is 2. The number of nitrogens with zero attached hydrogens (tertiary/aromatic N) is 2. The maximum absolute atomic E-state index is 11.4. The van der Waals surface area contributed by atoms with E-state index in [1.165, 1.54) is 19.4 Å². The van der Waals surface area contributed by atoms with Crippen molar-refractivity contribution in [1.82, 2.24) is 15.1 Å². The van der Waals surface area contributed by atoms with Gasteiger partial charge in [0.25, 0.3) is 0 Å². The van der Waals surface area contributed by atoms with Crippen LogP contribution < -0.4 is 5.32 Å². The van der Waals surface area contributed by atoms with E-state index in [-0.39, 0.29) is 0 Å². The molecular formula is C16H33N3O2. The minimum atomic E-state index is -0.780. The van der Waals surface area contributed by atoms with E-state index in [2.05, 4.69) is 29.2 Å². The Morgan fingerprint density at radius 3 is 2.48 bits per heavy atom. The molecule has 2 N–H and O–H groups in total. The second kappa shape index (κ2) is 8.71. The molecule has 0 bridgehead atoms. The number of likely N-dealkylation sites (tertiary alicyclic amines) is 1. The zero-order chi connectivity index (χ0) is 15.9. The topological polar surface area (TPSA) is 55.8 Å². The van der Waals surface area contributed by atoms with Crippen LogP contribution in [-0.2, 0) is 4.79 Å². The number of carboxylic acid groups (broad SMARTS) is 1. The van der Waals surface area contributed by atoms with Crippen molar-refractivity contribution in [3.8, 4) is 0 Å². The van der Waals surface area contributed by atoms with Gasteiger partial charge < -0.3 is 20.2 Å². The van der Waals surface area contributed by atoms with Crippen LogP contribution in [0.4, 0.5) is 0 Å². The minimum absolute atomic E-state index is 0.688. The van der Waals surface area contributed by atoms with Gasteiger partial charge in [0.1, 0.15) is 5.54 Å². The lowest BCUT2D eigenvalue weighted by Gasteiger charge is -2.34. The highest BCUT2D eigenvalue weighted by molar-refractivity contribution is 5.78. The van der Waals surface area contributed by atoms with Gasteiger partial charge in [0.05, 0.1) is 0 Å². The zero-order valence-electron chi connectivity index (χ0n) is 14.2. The first-order valence-corrected chi connectivity index (χ1v) is 8.23. The fourth-order valence-electron chi connectivity index (χ4n) is 3.23. The third kappa shape index (κ3) is 6.32. The van der Waals surface area contributed by atoms with Gasteiger partial charge in [0.2, 0.25) is 0 Å². The van der Waals surface area contributed by atoms with Gasteiger partial charge >= 0.3 is 5.97 Å². The summed E-state index contributed by atoms with van der Waals surface area (Å²) in [7, 11) is 4.28. The Labute approximate surface area is 129 Å². The second-order valence-corrected chi connectivity index (χ2v) is 6.82. The molecule has 0 aromatic heterocycles. The molecule has 124 valence electrons. The lowest BCUT2D eigenvalue weighted by molar-refractivity contribution is -0.144. The van der Waals surface area contributed by atoms with Gasteiger partial charge in [0, 0.05) is 6.54 Å². The predicted octanol–water partition coefficient (Wildman–Crippen LogP) is 1.49. The number of carbonyl (C=O) groups is 1. The third-order valence-corrected chi connectivity index (χ3v) is 4.52. The Kier molecular flexibility index (Phi) is 7.63. The Morgan fingerprint density at radius 1 is 1.38 bits per heavy atom. The molecule has 1 rings (SSSR count). The Hall–Kier alpha value is -0.650. The van der Waals surface area contributed by atoms with Gasteiger partial charge in [-0.15, -0.1) is 0 Å². The highest BCUT2D eigenvalue weighted by Gasteiger charge is 2.31. The quantitative estimate of drug-likeness (QED) is 0.675. The van der Waals surface area contributed by atoms with Gasteiger partial charge in [0.15, 0.2) is 0 Å². The molecule has 21 heavy (non-hydrogen) atoms. The van der Waals surface area contributed by atoms with Crippen LogP contribution >= 0.6 is 0 Å². The molecule has 0 aromatic carbocycles. The summed E-state index contributed by atoms with van der Waals surface area (Å²) >= 11 is 0. The Bertz CT molecular complexity index is 315. The number of nitrogens with one attached hydrogen (secondary N) is 1. The summed E-state index contributed by atoms with van der Waals surface area (Å²) in [6, 6.07) is 0. The molecule has 5 nitrogen and oxygen atoms in total. The summed E-state index contributed by atoms with van der Waals surface area (Å²) in [5.41, 5.74) is -0.780. The number of likely N-dealkylation sites (N-methyl/N-ethyl adjacent to an activating group) is 1. The molecule has 0 amide bonds. The second-order valence-electron chi connectivity index (χ2n) is 6.82. The molecule has 1 aliphatic rings. The van der Waals surface area contributed by atoms with Crippen molar-refractivity contribution in [2.45, 2.75) is 45.1 Å². The Balaban J connectivity index is 2.26. The maximum Gasteiger partial charge on any atom is 0.323 e. The predicted molar refractivity (Wildman–Crippen MR) is 86.7 cm³/mol. The SMILES string of the molecule is CCNC(C)(CCCN1CCC(CN(C)C)CC1)C(=O)O. The van der Waals surface area contributed by atoms with Gasteiger partial charge in [-0.25, -0.2) is 0 Å². The summed E-state index contributed by atoms with van der Waals surface area (Å²) in [5, 5.41) is 12.4. The monoisotopic (exact) mass is 299 g/mol. The first-order valence-electron chi connectivity index (χ1n) is 8.23. The van der Waals surface area contributed by atoms with Crippen molar-refractivity contribution in [2.24, 2.45) is 5.92 Å². The number of piperidine rings is 1. The van der Waals surface area contributed by atoms with Crippen LogP contribution in [0.1, 0.15) is 39.5 Å². The molecule has 1 saturated heterocycles. The summed E-state index contributed by atoms with van der Waals surface area (Å²) in [6.07, 6.45) is 4.16. The summed E-state index contributed by atoms with van der Waals surface area (Å²) < 4.78 is 0. The first-order chi connectivity index (χ1) is 9.87. The van der Waals surface area contributed by atoms with E-state index >= 15 is 0 Å². The largest absolute Gasteiger partial charge is 0.480 e. The highest BCUT2D eigenvalue weighted by Crippen LogP contribution is 2.19. The van der Waals surface area contributed by atoms with E-state index in [0.717, 1.165) is 32.0 Å². The van der Waals surface area contributed by atoms with Crippen molar-refractivity contribution in [3.05, 3.63) is 0 Å². The molecule has 0 aliphatic carbocycles. The molecule has 0 radical (unpaired) electrons. The molecule has 1 atom stereocenters. The van der Waals surface area contributed by atoms with Crippen LogP contribution in [0.15, 0.2) is 0 Å². The molecule has 1 aliphatic heterocycles. The van der Waals surface area contributed by atoms with Crippen molar-refractivity contribution < 1.29 is 9.90 Å². The lowest BCUT2D eigenvalue weighted by Crippen LogP contribution is -2.49. The van der Waals surface area contributed by atoms with Gasteiger partial charge in [-0.1, -0.05) is 6.92 Å². The molecular weight excluding hydrogens is 266 g/mol. The standard InChI is InChI=1S/C16H33N3O2/c1-5-17-16(2,15(20)21)9-6-10-19-11-7-14(8-12-19)13-18(3)4/h14,17H,5-13H2,1-4H3,(H,20,21). The fraction of sp³-hybridized carbons (Fsp3) is 0.938. The van der Waals surface area contributed by atoms with E-state index in [4.69, 9.17) is 0 Å². The maximum atomic E-state index is 11.4. The van der Waals surface area contributed by atoms with Gasteiger partial charge in [-0.05, 0) is 78.8 Å². The third-order valence-electron chi connectivity index (χ3n) is 4.52. The van der Waals surface area contributed by atoms with Crippen molar-refractivity contribution >= 4 is 5.97 Å². The van der Waals surface area contributed by atoms with Gasteiger partial charge in [-0.3, -0.25) is 4.79 Å². The number of hydrogen-bond acceptors (Lipinski definition) is 4. The van der Waals surface area contributed by atoms with E-state index in [1.807, 2.05) is 6.92 Å². The molecule has 0 aromatic rings. The first kappa shape index (κ1) is 18.4. The van der Waals surface area contributed by atoms with Gasteiger partial charge in [-0.2, -0.15) is 0 Å². The zero-order valence-corrected chi connectivity index (χ0v) is 14.2. The minimum Gasteiger partial charge on any atom is -0.480 e.